The van der Waals surface area contributed by atoms with Crippen LogP contribution in [0.25, 0.3) is 16.8 Å². The lowest BCUT2D eigenvalue weighted by Gasteiger charge is -2.26. The normalized spacial score (nSPS) is 14.1. The Hall–Kier alpha value is -3.05. The number of halogens is 6. The predicted molar refractivity (Wildman–Crippen MR) is 131 cm³/mol. The first-order valence-corrected chi connectivity index (χ1v) is 10.8. The molecule has 1 heterocycles. The second-order valence-electron chi connectivity index (χ2n) is 7.21. The summed E-state index contributed by atoms with van der Waals surface area (Å²) in [6.45, 7) is 6.97. The Kier molecular flexibility index (Phi) is 9.33. The zero-order valence-electron chi connectivity index (χ0n) is 19.2. The summed E-state index contributed by atoms with van der Waals surface area (Å²) >= 11 is 11.4. The van der Waals surface area contributed by atoms with Crippen molar-refractivity contribution in [3.63, 3.8) is 0 Å². The summed E-state index contributed by atoms with van der Waals surface area (Å²) in [5, 5.41) is 10.5. The van der Waals surface area contributed by atoms with Crippen LogP contribution in [0, 0.1) is 5.82 Å². The zero-order valence-corrected chi connectivity index (χ0v) is 20.7. The van der Waals surface area contributed by atoms with Crippen LogP contribution in [0.15, 0.2) is 57.4 Å². The number of benzene rings is 1. The van der Waals surface area contributed by atoms with Gasteiger partial charge in [0.05, 0.1) is 16.1 Å². The standard InChI is InChI=1S/C23H22ClF5N4OS/c1-12(25)8-6-9-13(2)33(31-5)21(23(27,28)29)14(3)20-18(22(35)30-4)19(32-34-20)17-15(24)10-7-11-16(17)26/h6-12H,5H2,1-4H3,(H,30,35)/b8-6-,13-9+,21-14+. The number of rotatable bonds is 8. The van der Waals surface area contributed by atoms with Gasteiger partial charge in [-0.15, -0.1) is 0 Å². The van der Waals surface area contributed by atoms with Gasteiger partial charge in [-0.05, 0) is 39.0 Å². The first kappa shape index (κ1) is 28.2. The first-order valence-electron chi connectivity index (χ1n) is 10.1. The summed E-state index contributed by atoms with van der Waals surface area (Å²) in [5.74, 6) is -1.14. The summed E-state index contributed by atoms with van der Waals surface area (Å²) in [5.41, 5.74) is -2.18. The molecule has 1 N–H and O–H groups in total. The SMILES string of the molecule is C=NN(/C(C)=C/C=C\C(C)F)/C(=C(\C)c1onc(-c2c(F)cccc2Cl)c1C(=S)NC)C(F)(F)F. The molecule has 0 fully saturated rings. The van der Waals surface area contributed by atoms with Crippen molar-refractivity contribution in [3.05, 3.63) is 70.0 Å². The summed E-state index contributed by atoms with van der Waals surface area (Å²) in [7, 11) is 1.44. The average molecular weight is 533 g/mol. The number of aromatic nitrogens is 1. The highest BCUT2D eigenvalue weighted by atomic mass is 35.5. The highest BCUT2D eigenvalue weighted by molar-refractivity contribution is 7.80. The number of nitrogens with zero attached hydrogens (tertiary/aromatic N) is 3. The van der Waals surface area contributed by atoms with Crippen LogP contribution in [0.2, 0.25) is 5.02 Å². The van der Waals surface area contributed by atoms with E-state index in [1.807, 2.05) is 0 Å². The van der Waals surface area contributed by atoms with Crippen LogP contribution in [0.1, 0.15) is 32.1 Å². The van der Waals surface area contributed by atoms with Gasteiger partial charge in [0.15, 0.2) is 11.5 Å². The van der Waals surface area contributed by atoms with Crippen molar-refractivity contribution in [1.29, 1.82) is 0 Å². The molecule has 2 aromatic rings. The molecule has 1 atom stereocenters. The number of hydrazone groups is 1. The van der Waals surface area contributed by atoms with Crippen molar-refractivity contribution in [2.45, 2.75) is 33.1 Å². The van der Waals surface area contributed by atoms with Gasteiger partial charge in [-0.2, -0.15) is 18.3 Å². The Morgan fingerprint density at radius 3 is 2.51 bits per heavy atom. The summed E-state index contributed by atoms with van der Waals surface area (Å²) in [4.78, 5) is -0.0540. The Bertz CT molecular complexity index is 1180. The Morgan fingerprint density at radius 1 is 1.34 bits per heavy atom. The fourth-order valence-corrected chi connectivity index (χ4v) is 3.59. The molecule has 0 spiro atoms. The van der Waals surface area contributed by atoms with Gasteiger partial charge in [0, 0.05) is 25.0 Å². The van der Waals surface area contributed by atoms with Gasteiger partial charge in [0.1, 0.15) is 22.7 Å². The summed E-state index contributed by atoms with van der Waals surface area (Å²) in [6.07, 6.45) is -2.59. The second-order valence-corrected chi connectivity index (χ2v) is 8.02. The number of thiocarbonyl (C=S) groups is 1. The second kappa shape index (κ2) is 11.6. The maximum atomic E-state index is 14.6. The van der Waals surface area contributed by atoms with Gasteiger partial charge >= 0.3 is 6.18 Å². The molecule has 0 amide bonds. The van der Waals surface area contributed by atoms with E-state index >= 15 is 0 Å². The van der Waals surface area contributed by atoms with E-state index in [2.05, 4.69) is 22.3 Å². The minimum absolute atomic E-state index is 0.0156. The molecule has 0 saturated heterocycles. The van der Waals surface area contributed by atoms with E-state index in [1.54, 1.807) is 0 Å². The van der Waals surface area contributed by atoms with E-state index in [9.17, 15) is 22.0 Å². The van der Waals surface area contributed by atoms with Gasteiger partial charge in [-0.1, -0.05) is 47.2 Å². The molecule has 1 unspecified atom stereocenters. The van der Waals surface area contributed by atoms with E-state index < -0.39 is 29.4 Å². The molecular weight excluding hydrogens is 511 g/mol. The molecule has 1 aromatic heterocycles. The van der Waals surface area contributed by atoms with E-state index in [-0.39, 0.29) is 38.3 Å². The number of hydrogen-bond donors (Lipinski definition) is 1. The Morgan fingerprint density at radius 2 is 2.00 bits per heavy atom. The van der Waals surface area contributed by atoms with E-state index in [0.29, 0.717) is 5.01 Å². The fraction of sp³-hybridized carbons (Fsp3) is 0.261. The van der Waals surface area contributed by atoms with Crippen LogP contribution in [0.4, 0.5) is 22.0 Å². The van der Waals surface area contributed by atoms with Crippen molar-refractivity contribution >= 4 is 41.1 Å². The molecule has 0 radical (unpaired) electrons. The highest BCUT2D eigenvalue weighted by Gasteiger charge is 2.42. The molecule has 0 aliphatic heterocycles. The topological polar surface area (TPSA) is 53.7 Å². The molecule has 0 saturated carbocycles. The molecule has 2 rings (SSSR count). The molecule has 0 bridgehead atoms. The van der Waals surface area contributed by atoms with Crippen molar-refractivity contribution < 1.29 is 26.5 Å². The molecule has 0 aliphatic carbocycles. The number of alkyl halides is 4. The van der Waals surface area contributed by atoms with Crippen LogP contribution >= 0.6 is 23.8 Å². The van der Waals surface area contributed by atoms with Gasteiger partial charge in [0.2, 0.25) is 0 Å². The molecular formula is C23H22ClF5N4OS. The molecule has 5 nitrogen and oxygen atoms in total. The van der Waals surface area contributed by atoms with Gasteiger partial charge < -0.3 is 9.84 Å². The molecule has 188 valence electrons. The smallest absolute Gasteiger partial charge is 0.379 e. The first-order chi connectivity index (χ1) is 16.3. The van der Waals surface area contributed by atoms with Crippen molar-refractivity contribution in [3.8, 4) is 11.3 Å². The molecule has 12 heteroatoms. The van der Waals surface area contributed by atoms with Gasteiger partial charge in [-0.25, -0.2) is 13.8 Å². The lowest BCUT2D eigenvalue weighted by atomic mass is 10.0. The van der Waals surface area contributed by atoms with Crippen molar-refractivity contribution in [2.24, 2.45) is 5.10 Å². The highest BCUT2D eigenvalue weighted by Crippen LogP contribution is 2.41. The minimum atomic E-state index is -4.95. The third-order valence-corrected chi connectivity index (χ3v) is 5.43. The summed E-state index contributed by atoms with van der Waals surface area (Å²) in [6, 6.07) is 3.88. The maximum Gasteiger partial charge on any atom is 0.433 e. The van der Waals surface area contributed by atoms with Crippen LogP contribution in [-0.4, -0.2) is 41.3 Å². The largest absolute Gasteiger partial charge is 0.433 e. The third kappa shape index (κ3) is 6.34. The molecule has 0 aliphatic rings. The third-order valence-electron chi connectivity index (χ3n) is 4.71. The molecule has 35 heavy (non-hydrogen) atoms. The number of nitrogens with one attached hydrogen (secondary N) is 1. The Labute approximate surface area is 209 Å². The van der Waals surface area contributed by atoms with Crippen molar-refractivity contribution in [2.75, 3.05) is 7.05 Å². The lowest BCUT2D eigenvalue weighted by Crippen LogP contribution is -2.28. The van der Waals surface area contributed by atoms with Crippen LogP contribution in [0.3, 0.4) is 0 Å². The maximum absolute atomic E-state index is 14.6. The zero-order chi connectivity index (χ0) is 26.5. The lowest BCUT2D eigenvalue weighted by molar-refractivity contribution is -0.108. The van der Waals surface area contributed by atoms with Crippen LogP contribution in [0.5, 0.6) is 0 Å². The predicted octanol–water partition coefficient (Wildman–Crippen LogP) is 7.06. The van der Waals surface area contributed by atoms with Gasteiger partial charge in [-0.3, -0.25) is 0 Å². The van der Waals surface area contributed by atoms with E-state index in [4.69, 9.17) is 28.3 Å². The quantitative estimate of drug-likeness (QED) is 0.130. The van der Waals surface area contributed by atoms with E-state index in [1.165, 1.54) is 45.2 Å². The van der Waals surface area contributed by atoms with Crippen LogP contribution < -0.4 is 5.32 Å². The van der Waals surface area contributed by atoms with Crippen LogP contribution in [-0.2, 0) is 0 Å². The Balaban J connectivity index is 2.85. The minimum Gasteiger partial charge on any atom is -0.379 e. The van der Waals surface area contributed by atoms with Gasteiger partial charge in [0.25, 0.3) is 0 Å². The summed E-state index contributed by atoms with van der Waals surface area (Å²) < 4.78 is 75.8. The molecule has 1 aromatic carbocycles. The average Bonchev–Trinajstić information content (AvgIpc) is 3.19. The monoisotopic (exact) mass is 532 g/mol. The van der Waals surface area contributed by atoms with E-state index in [0.717, 1.165) is 19.1 Å². The van der Waals surface area contributed by atoms with Crippen molar-refractivity contribution in [1.82, 2.24) is 15.5 Å². The number of allylic oxidation sites excluding steroid dienone is 6. The number of hydrogen-bond acceptors (Lipinski definition) is 5. The fourth-order valence-electron chi connectivity index (χ4n) is 3.15.